The van der Waals surface area contributed by atoms with E-state index in [9.17, 15) is 19.5 Å². The lowest BCUT2D eigenvalue weighted by Crippen LogP contribution is -2.53. The van der Waals surface area contributed by atoms with Crippen molar-refractivity contribution < 1.29 is 43.2 Å². The third kappa shape index (κ3) is 5.45. The Labute approximate surface area is 294 Å². The maximum Gasteiger partial charge on any atom is 0.421 e. The molecule has 7 rings (SSSR count). The Kier molecular flexibility index (Phi) is 9.15. The van der Waals surface area contributed by atoms with Gasteiger partial charge < -0.3 is 24.1 Å². The van der Waals surface area contributed by atoms with Gasteiger partial charge in [0, 0.05) is 7.11 Å². The molecular weight excluding hydrogens is 652 g/mol. The number of cyclic esters (lactones) is 1. The van der Waals surface area contributed by atoms with Crippen molar-refractivity contribution in [2.75, 3.05) is 31.8 Å². The molecule has 2 fully saturated rings. The molecule has 3 aliphatic rings. The number of fused-ring (bicyclic) bond motifs is 3. The molecular formula is C40H36N2O9. The second kappa shape index (κ2) is 13.9. The molecule has 4 aromatic rings. The maximum absolute atomic E-state index is 15.5. The highest BCUT2D eigenvalue weighted by Gasteiger charge is 2.76. The zero-order valence-electron chi connectivity index (χ0n) is 27.8. The van der Waals surface area contributed by atoms with Crippen LogP contribution < -0.4 is 4.90 Å². The molecule has 4 aromatic carbocycles. The molecule has 11 heteroatoms. The minimum atomic E-state index is -1.92. The number of imide groups is 1. The number of nitrogens with zero attached hydrogens (tertiary/aromatic N) is 2. The van der Waals surface area contributed by atoms with Crippen molar-refractivity contribution in [3.8, 4) is 5.75 Å². The summed E-state index contributed by atoms with van der Waals surface area (Å²) in [5.41, 5.74) is 0.598. The molecule has 260 valence electrons. The van der Waals surface area contributed by atoms with Gasteiger partial charge in [-0.15, -0.1) is 0 Å². The van der Waals surface area contributed by atoms with Gasteiger partial charge in [-0.3, -0.25) is 19.3 Å². The zero-order chi connectivity index (χ0) is 35.7. The minimum absolute atomic E-state index is 0.0226. The molecule has 2 saturated heterocycles. The van der Waals surface area contributed by atoms with Crippen LogP contribution >= 0.6 is 0 Å². The number of hydrogen-bond donors (Lipinski definition) is 1. The van der Waals surface area contributed by atoms with Gasteiger partial charge in [0.15, 0.2) is 0 Å². The first-order valence-electron chi connectivity index (χ1n) is 16.6. The number of ether oxygens (including phenoxy) is 4. The average Bonchev–Trinajstić information content (AvgIpc) is 3.61. The predicted molar refractivity (Wildman–Crippen MR) is 184 cm³/mol. The molecule has 0 aromatic heterocycles. The molecule has 3 heterocycles. The fourth-order valence-electron chi connectivity index (χ4n) is 7.97. The summed E-state index contributed by atoms with van der Waals surface area (Å²) < 4.78 is 22.6. The number of phenolic OH excluding ortho intramolecular Hbond substituents is 1. The second-order valence-corrected chi connectivity index (χ2v) is 12.5. The summed E-state index contributed by atoms with van der Waals surface area (Å²) in [7, 11) is 1.46. The van der Waals surface area contributed by atoms with E-state index < -0.39 is 59.5 Å². The van der Waals surface area contributed by atoms with Crippen LogP contribution in [-0.4, -0.2) is 66.9 Å². The number of amides is 2. The summed E-state index contributed by atoms with van der Waals surface area (Å²) in [5.74, 6) is -3.87. The molecule has 6 unspecified atom stereocenters. The molecule has 2 amide bonds. The van der Waals surface area contributed by atoms with Crippen LogP contribution in [0, 0.1) is 5.92 Å². The van der Waals surface area contributed by atoms with Crippen LogP contribution in [0.4, 0.5) is 10.5 Å². The van der Waals surface area contributed by atoms with Crippen molar-refractivity contribution in [3.05, 3.63) is 144 Å². The summed E-state index contributed by atoms with van der Waals surface area (Å²) in [6, 6.07) is 28.5. The van der Waals surface area contributed by atoms with Crippen LogP contribution in [0.15, 0.2) is 122 Å². The van der Waals surface area contributed by atoms with E-state index in [2.05, 4.69) is 6.58 Å². The Hall–Kier alpha value is -5.78. The third-order valence-corrected chi connectivity index (χ3v) is 9.87. The Morgan fingerprint density at radius 3 is 2.14 bits per heavy atom. The lowest BCUT2D eigenvalue weighted by atomic mass is 9.65. The van der Waals surface area contributed by atoms with Crippen molar-refractivity contribution in [1.82, 2.24) is 4.90 Å². The third-order valence-electron chi connectivity index (χ3n) is 9.87. The normalized spacial score (nSPS) is 25.2. The summed E-state index contributed by atoms with van der Waals surface area (Å²) in [6.45, 7) is 3.46. The Morgan fingerprint density at radius 1 is 0.824 bits per heavy atom. The van der Waals surface area contributed by atoms with Crippen molar-refractivity contribution >= 4 is 29.6 Å². The largest absolute Gasteiger partial charge is 0.508 e. The number of aromatic hydroxyl groups is 1. The van der Waals surface area contributed by atoms with Gasteiger partial charge in [-0.2, -0.15) is 0 Å². The monoisotopic (exact) mass is 688 g/mol. The van der Waals surface area contributed by atoms with E-state index in [1.54, 1.807) is 36.4 Å². The van der Waals surface area contributed by atoms with Gasteiger partial charge in [0.25, 0.3) is 0 Å². The zero-order valence-corrected chi connectivity index (χ0v) is 27.8. The Morgan fingerprint density at radius 2 is 1.47 bits per heavy atom. The SMILES string of the molecule is C=CCOC(=O)C1C2C(=O)OC(c3ccccc3)C(c3ccccc3)N2C(c2ccc(O)cc2)C12C(=O)N(C(=O)OCCOC)c1ccccc12. The lowest BCUT2D eigenvalue weighted by molar-refractivity contribution is -0.180. The van der Waals surface area contributed by atoms with Crippen molar-refractivity contribution in [2.45, 2.75) is 29.6 Å². The molecule has 0 radical (unpaired) electrons. The summed E-state index contributed by atoms with van der Waals surface area (Å²) in [6.07, 6.45) is -0.423. The summed E-state index contributed by atoms with van der Waals surface area (Å²) in [4.78, 5) is 61.3. The Bertz CT molecular complexity index is 1950. The number of esters is 2. The molecule has 1 spiro atoms. The lowest BCUT2D eigenvalue weighted by Gasteiger charge is -2.46. The number of carbonyl (C=O) groups excluding carboxylic acids is 4. The van der Waals surface area contributed by atoms with Crippen LogP contribution in [0.1, 0.15) is 40.4 Å². The number of anilines is 1. The van der Waals surface area contributed by atoms with Crippen molar-refractivity contribution in [1.29, 1.82) is 0 Å². The van der Waals surface area contributed by atoms with E-state index in [4.69, 9.17) is 18.9 Å². The smallest absolute Gasteiger partial charge is 0.421 e. The van der Waals surface area contributed by atoms with Gasteiger partial charge >= 0.3 is 18.0 Å². The van der Waals surface area contributed by atoms with Gasteiger partial charge in [-0.25, -0.2) is 9.69 Å². The van der Waals surface area contributed by atoms with E-state index in [0.717, 1.165) is 10.5 Å². The van der Waals surface area contributed by atoms with Crippen molar-refractivity contribution in [3.63, 3.8) is 0 Å². The van der Waals surface area contributed by atoms with Gasteiger partial charge in [0.2, 0.25) is 5.91 Å². The van der Waals surface area contributed by atoms with E-state index in [0.29, 0.717) is 16.7 Å². The number of benzene rings is 4. The van der Waals surface area contributed by atoms with Gasteiger partial charge in [-0.05, 0) is 40.5 Å². The van der Waals surface area contributed by atoms with Crippen LogP contribution in [0.2, 0.25) is 0 Å². The fourth-order valence-corrected chi connectivity index (χ4v) is 7.97. The quantitative estimate of drug-likeness (QED) is 0.103. The van der Waals surface area contributed by atoms with Gasteiger partial charge in [-0.1, -0.05) is 104 Å². The van der Waals surface area contributed by atoms with Gasteiger partial charge in [0.05, 0.1) is 24.4 Å². The standard InChI is InChI=1S/C40H36N2O9/c1-3-22-49-36(44)31-33-37(45)51-34(26-14-8-5-9-15-26)32(25-12-6-4-7-13-25)42(33)35(27-18-20-28(43)21-19-27)40(31)29-16-10-11-17-30(29)41(38(40)46)39(47)50-24-23-48-2/h3-21,31-35,43H,1,22-24H2,2H3. The number of carbonyl (C=O) groups is 4. The number of rotatable bonds is 9. The first kappa shape index (κ1) is 33.7. The molecule has 51 heavy (non-hydrogen) atoms. The number of morpholine rings is 1. The van der Waals surface area contributed by atoms with E-state index in [-0.39, 0.29) is 31.3 Å². The van der Waals surface area contributed by atoms with E-state index in [1.165, 1.54) is 25.3 Å². The summed E-state index contributed by atoms with van der Waals surface area (Å²) >= 11 is 0. The molecule has 0 saturated carbocycles. The van der Waals surface area contributed by atoms with Crippen LogP contribution in [0.25, 0.3) is 0 Å². The maximum atomic E-state index is 15.5. The molecule has 6 atom stereocenters. The Balaban J connectivity index is 1.54. The van der Waals surface area contributed by atoms with Crippen molar-refractivity contribution in [2.24, 2.45) is 5.92 Å². The highest BCUT2D eigenvalue weighted by molar-refractivity contribution is 6.23. The second-order valence-electron chi connectivity index (χ2n) is 12.5. The average molecular weight is 689 g/mol. The topological polar surface area (TPSA) is 132 Å². The highest BCUT2D eigenvalue weighted by Crippen LogP contribution is 2.66. The van der Waals surface area contributed by atoms with Gasteiger partial charge in [0.1, 0.15) is 42.4 Å². The molecule has 11 nitrogen and oxygen atoms in total. The van der Waals surface area contributed by atoms with E-state index in [1.807, 2.05) is 65.6 Å². The number of phenols is 1. The minimum Gasteiger partial charge on any atom is -0.508 e. The van der Waals surface area contributed by atoms with Crippen LogP contribution in [0.5, 0.6) is 5.75 Å². The van der Waals surface area contributed by atoms with Crippen LogP contribution in [-0.2, 0) is 38.7 Å². The fraction of sp³-hybridized carbons (Fsp3) is 0.250. The molecule has 0 bridgehead atoms. The number of hydrogen-bond acceptors (Lipinski definition) is 10. The number of para-hydroxylation sites is 1. The first-order valence-corrected chi connectivity index (χ1v) is 16.6. The van der Waals surface area contributed by atoms with Crippen LogP contribution in [0.3, 0.4) is 0 Å². The number of methoxy groups -OCH3 is 1. The first-order chi connectivity index (χ1) is 24.8. The predicted octanol–water partition coefficient (Wildman–Crippen LogP) is 5.57. The highest BCUT2D eigenvalue weighted by atomic mass is 16.6. The molecule has 1 N–H and O–H groups in total. The summed E-state index contributed by atoms with van der Waals surface area (Å²) in [5, 5.41) is 10.4. The van der Waals surface area contributed by atoms with E-state index >= 15 is 4.79 Å². The molecule has 3 aliphatic heterocycles. The molecule has 0 aliphatic carbocycles.